The van der Waals surface area contributed by atoms with Crippen LogP contribution in [0.25, 0.3) is 0 Å². The zero-order chi connectivity index (χ0) is 15.6. The van der Waals surface area contributed by atoms with Crippen LogP contribution in [0, 0.1) is 18.3 Å². The predicted octanol–water partition coefficient (Wildman–Crippen LogP) is 4.08. The highest BCUT2D eigenvalue weighted by molar-refractivity contribution is 9.10. The first-order valence-corrected chi connectivity index (χ1v) is 8.48. The van der Waals surface area contributed by atoms with Gasteiger partial charge in [-0.05, 0) is 36.8 Å². The molecule has 0 aromatic heterocycles. The number of aryl methyl sites for hydroxylation is 1. The van der Waals surface area contributed by atoms with Gasteiger partial charge in [0.25, 0.3) is 10.0 Å². The molecule has 2 aromatic carbocycles. The number of halogens is 2. The molecule has 1 N–H and O–H groups in total. The number of anilines is 1. The Morgan fingerprint density at radius 3 is 2.62 bits per heavy atom. The SMILES string of the molecule is Cc1cccc(NS(=O)(=O)c2ccc(Br)cc2Cl)c1C#N. The molecule has 7 heteroatoms. The largest absolute Gasteiger partial charge is 0.278 e. The van der Waals surface area contributed by atoms with Crippen LogP contribution in [-0.4, -0.2) is 8.42 Å². The van der Waals surface area contributed by atoms with Crippen molar-refractivity contribution in [1.29, 1.82) is 5.26 Å². The van der Waals surface area contributed by atoms with Crippen LogP contribution in [0.15, 0.2) is 45.8 Å². The summed E-state index contributed by atoms with van der Waals surface area (Å²) in [5.74, 6) is 0. The highest BCUT2D eigenvalue weighted by Gasteiger charge is 2.20. The van der Waals surface area contributed by atoms with Crippen LogP contribution in [0.3, 0.4) is 0 Å². The second kappa shape index (κ2) is 6.06. The number of nitrogens with zero attached hydrogens (tertiary/aromatic N) is 1. The van der Waals surface area contributed by atoms with Crippen LogP contribution >= 0.6 is 27.5 Å². The van der Waals surface area contributed by atoms with Crippen LogP contribution in [-0.2, 0) is 10.0 Å². The smallest absolute Gasteiger partial charge is 0.263 e. The fraction of sp³-hybridized carbons (Fsp3) is 0.0714. The molecule has 0 saturated heterocycles. The molecule has 0 amide bonds. The average Bonchev–Trinajstić information content (AvgIpc) is 2.38. The quantitative estimate of drug-likeness (QED) is 0.865. The van der Waals surface area contributed by atoms with Crippen LogP contribution in [0.1, 0.15) is 11.1 Å². The monoisotopic (exact) mass is 384 g/mol. The minimum Gasteiger partial charge on any atom is -0.278 e. The Bertz CT molecular complexity index is 845. The highest BCUT2D eigenvalue weighted by atomic mass is 79.9. The Morgan fingerprint density at radius 1 is 1.29 bits per heavy atom. The first kappa shape index (κ1) is 15.8. The third-order valence-electron chi connectivity index (χ3n) is 2.81. The molecule has 0 spiro atoms. The minimum absolute atomic E-state index is 0.0437. The first-order chi connectivity index (χ1) is 9.85. The average molecular weight is 386 g/mol. The summed E-state index contributed by atoms with van der Waals surface area (Å²) in [6.07, 6.45) is 0. The standard InChI is InChI=1S/C14H10BrClN2O2S/c1-9-3-2-4-13(11(9)8-17)18-21(19,20)14-6-5-10(15)7-12(14)16/h2-7,18H,1H3. The van der Waals surface area contributed by atoms with E-state index < -0.39 is 10.0 Å². The van der Waals surface area contributed by atoms with Gasteiger partial charge in [0.05, 0.1) is 16.3 Å². The van der Waals surface area contributed by atoms with E-state index >= 15 is 0 Å². The van der Waals surface area contributed by atoms with E-state index in [-0.39, 0.29) is 21.2 Å². The number of hydrogen-bond acceptors (Lipinski definition) is 3. The molecular formula is C14H10BrClN2O2S. The third kappa shape index (κ3) is 3.38. The van der Waals surface area contributed by atoms with Crippen molar-refractivity contribution in [1.82, 2.24) is 0 Å². The first-order valence-electron chi connectivity index (χ1n) is 5.83. The summed E-state index contributed by atoms with van der Waals surface area (Å²) in [7, 11) is -3.86. The van der Waals surface area contributed by atoms with E-state index in [1.165, 1.54) is 18.2 Å². The van der Waals surface area contributed by atoms with Crippen molar-refractivity contribution in [2.75, 3.05) is 4.72 Å². The number of sulfonamides is 1. The molecule has 0 aliphatic carbocycles. The summed E-state index contributed by atoms with van der Waals surface area (Å²) >= 11 is 9.19. The number of nitrogens with one attached hydrogen (secondary N) is 1. The maximum absolute atomic E-state index is 12.4. The highest BCUT2D eigenvalue weighted by Crippen LogP contribution is 2.28. The summed E-state index contributed by atoms with van der Waals surface area (Å²) < 4.78 is 27.9. The molecule has 0 aliphatic rings. The lowest BCUT2D eigenvalue weighted by molar-refractivity contribution is 0.601. The molecule has 0 fully saturated rings. The van der Waals surface area contributed by atoms with Crippen molar-refractivity contribution in [2.45, 2.75) is 11.8 Å². The summed E-state index contributed by atoms with van der Waals surface area (Å²) in [6, 6.07) is 11.4. The molecule has 0 unspecified atom stereocenters. The molecule has 0 bridgehead atoms. The molecular weight excluding hydrogens is 376 g/mol. The van der Waals surface area contributed by atoms with Crippen molar-refractivity contribution in [3.05, 3.63) is 57.0 Å². The van der Waals surface area contributed by atoms with Crippen molar-refractivity contribution in [2.24, 2.45) is 0 Å². The molecule has 21 heavy (non-hydrogen) atoms. The van der Waals surface area contributed by atoms with Crippen molar-refractivity contribution >= 4 is 43.2 Å². The van der Waals surface area contributed by atoms with Gasteiger partial charge >= 0.3 is 0 Å². The van der Waals surface area contributed by atoms with Crippen LogP contribution < -0.4 is 4.72 Å². The summed E-state index contributed by atoms with van der Waals surface area (Å²) in [4.78, 5) is -0.0437. The maximum atomic E-state index is 12.4. The second-order valence-electron chi connectivity index (χ2n) is 4.29. The molecule has 108 valence electrons. The fourth-order valence-electron chi connectivity index (χ4n) is 1.79. The Hall–Kier alpha value is -1.55. The van der Waals surface area contributed by atoms with Crippen LogP contribution in [0.2, 0.25) is 5.02 Å². The van der Waals surface area contributed by atoms with E-state index in [2.05, 4.69) is 20.7 Å². The van der Waals surface area contributed by atoms with Gasteiger partial charge in [0.2, 0.25) is 0 Å². The maximum Gasteiger partial charge on any atom is 0.263 e. The van der Waals surface area contributed by atoms with E-state index in [0.29, 0.717) is 10.0 Å². The normalized spacial score (nSPS) is 11.0. The van der Waals surface area contributed by atoms with Gasteiger partial charge < -0.3 is 0 Å². The Morgan fingerprint density at radius 2 is 2.00 bits per heavy atom. The Kier molecular flexibility index (Phi) is 4.57. The number of nitriles is 1. The molecule has 0 saturated carbocycles. The Labute approximate surface area is 136 Å². The van der Waals surface area contributed by atoms with Gasteiger partial charge in [0, 0.05) is 4.47 Å². The zero-order valence-corrected chi connectivity index (χ0v) is 14.1. The summed E-state index contributed by atoms with van der Waals surface area (Å²) in [5.41, 5.74) is 1.21. The summed E-state index contributed by atoms with van der Waals surface area (Å²) in [6.45, 7) is 1.74. The van der Waals surface area contributed by atoms with Crippen LogP contribution in [0.4, 0.5) is 5.69 Å². The molecule has 0 radical (unpaired) electrons. The Balaban J connectivity index is 2.48. The lowest BCUT2D eigenvalue weighted by Crippen LogP contribution is -2.14. The van der Waals surface area contributed by atoms with E-state index in [1.807, 2.05) is 6.07 Å². The van der Waals surface area contributed by atoms with Crippen molar-refractivity contribution in [3.63, 3.8) is 0 Å². The lowest BCUT2D eigenvalue weighted by atomic mass is 10.1. The van der Waals surface area contributed by atoms with E-state index in [9.17, 15) is 8.42 Å². The lowest BCUT2D eigenvalue weighted by Gasteiger charge is -2.12. The van der Waals surface area contributed by atoms with E-state index in [4.69, 9.17) is 16.9 Å². The fourth-order valence-corrected chi connectivity index (χ4v) is 3.90. The number of benzene rings is 2. The summed E-state index contributed by atoms with van der Waals surface area (Å²) in [5, 5.41) is 9.24. The molecule has 0 aliphatic heterocycles. The number of rotatable bonds is 3. The molecule has 0 atom stereocenters. The van der Waals surface area contributed by atoms with Gasteiger partial charge in [0.15, 0.2) is 0 Å². The second-order valence-corrected chi connectivity index (χ2v) is 7.26. The zero-order valence-electron chi connectivity index (χ0n) is 10.9. The van der Waals surface area contributed by atoms with Gasteiger partial charge in [0.1, 0.15) is 11.0 Å². The predicted molar refractivity (Wildman–Crippen MR) is 85.9 cm³/mol. The van der Waals surface area contributed by atoms with Gasteiger partial charge in [-0.3, -0.25) is 4.72 Å². The van der Waals surface area contributed by atoms with E-state index in [1.54, 1.807) is 25.1 Å². The number of hydrogen-bond donors (Lipinski definition) is 1. The van der Waals surface area contributed by atoms with E-state index in [0.717, 1.165) is 0 Å². The van der Waals surface area contributed by atoms with Gasteiger partial charge in [-0.1, -0.05) is 39.7 Å². The topological polar surface area (TPSA) is 70.0 Å². The third-order valence-corrected chi connectivity index (χ3v) is 5.15. The molecule has 2 rings (SSSR count). The van der Waals surface area contributed by atoms with Crippen molar-refractivity contribution in [3.8, 4) is 6.07 Å². The molecule has 2 aromatic rings. The van der Waals surface area contributed by atoms with Crippen LogP contribution in [0.5, 0.6) is 0 Å². The van der Waals surface area contributed by atoms with Crippen molar-refractivity contribution < 1.29 is 8.42 Å². The van der Waals surface area contributed by atoms with Gasteiger partial charge in [-0.2, -0.15) is 5.26 Å². The molecule has 4 nitrogen and oxygen atoms in total. The molecule has 0 heterocycles. The van der Waals surface area contributed by atoms with Gasteiger partial charge in [-0.25, -0.2) is 8.42 Å². The minimum atomic E-state index is -3.86. The van der Waals surface area contributed by atoms with Gasteiger partial charge in [-0.15, -0.1) is 0 Å².